The second-order valence-corrected chi connectivity index (χ2v) is 3.64. The van der Waals surface area contributed by atoms with Crippen molar-refractivity contribution in [2.24, 2.45) is 11.8 Å². The van der Waals surface area contributed by atoms with Crippen LogP contribution < -0.4 is 11.3 Å². The minimum absolute atomic E-state index is 0.181. The molecule has 78 valence electrons. The summed E-state index contributed by atoms with van der Waals surface area (Å²) in [6.07, 6.45) is 5.64. The number of hydrazine groups is 1. The first-order valence-corrected chi connectivity index (χ1v) is 5.00. The number of nitrogens with two attached hydrogens (primary N) is 1. The van der Waals surface area contributed by atoms with Gasteiger partial charge in [-0.05, 0) is 24.0 Å². The van der Waals surface area contributed by atoms with Crippen molar-refractivity contribution in [2.75, 3.05) is 0 Å². The van der Waals surface area contributed by atoms with Crippen LogP contribution in [0.1, 0.15) is 38.3 Å². The van der Waals surface area contributed by atoms with Gasteiger partial charge in [0.1, 0.15) is 0 Å². The van der Waals surface area contributed by atoms with Crippen molar-refractivity contribution in [3.05, 3.63) is 24.0 Å². The summed E-state index contributed by atoms with van der Waals surface area (Å²) < 4.78 is 0. The first-order valence-electron chi connectivity index (χ1n) is 5.00. The van der Waals surface area contributed by atoms with Gasteiger partial charge in [0.25, 0.3) is 0 Å². The Bertz CT molecular complexity index is 250. The maximum Gasteiger partial charge on any atom is 0.0544 e. The highest BCUT2D eigenvalue weighted by molar-refractivity contribution is 5.11. The highest BCUT2D eigenvalue weighted by Gasteiger charge is 2.12. The van der Waals surface area contributed by atoms with E-state index in [-0.39, 0.29) is 6.04 Å². The fraction of sp³-hybridized carbons (Fsp3) is 0.600. The van der Waals surface area contributed by atoms with Crippen LogP contribution in [-0.2, 0) is 0 Å². The van der Waals surface area contributed by atoms with Crippen molar-refractivity contribution in [3.8, 4) is 0 Å². The molecule has 4 heteroatoms. The number of nitrogens with one attached hydrogen (secondary N) is 1. The average molecular weight is 194 g/mol. The lowest BCUT2D eigenvalue weighted by atomic mass is 9.96. The third kappa shape index (κ3) is 3.05. The third-order valence-corrected chi connectivity index (χ3v) is 2.55. The molecular weight excluding hydrogens is 176 g/mol. The predicted octanol–water partition coefficient (Wildman–Crippen LogP) is 1.42. The molecule has 0 aliphatic carbocycles. The lowest BCUT2D eigenvalue weighted by Gasteiger charge is -2.19. The van der Waals surface area contributed by atoms with Gasteiger partial charge in [0.2, 0.25) is 0 Å². The highest BCUT2D eigenvalue weighted by atomic mass is 15.2. The molecule has 1 aromatic heterocycles. The number of hydrogen-bond acceptors (Lipinski definition) is 4. The van der Waals surface area contributed by atoms with E-state index in [4.69, 9.17) is 5.84 Å². The Labute approximate surface area is 84.9 Å². The van der Waals surface area contributed by atoms with Gasteiger partial charge < -0.3 is 0 Å². The smallest absolute Gasteiger partial charge is 0.0544 e. The minimum atomic E-state index is 0.181. The Hall–Kier alpha value is -1.00. The molecule has 0 saturated heterocycles. The van der Waals surface area contributed by atoms with Crippen LogP contribution in [0, 0.1) is 5.92 Å². The monoisotopic (exact) mass is 194 g/mol. The first-order chi connectivity index (χ1) is 6.77. The molecule has 0 fully saturated rings. The van der Waals surface area contributed by atoms with Crippen LogP contribution in [0.3, 0.4) is 0 Å². The van der Waals surface area contributed by atoms with Gasteiger partial charge in [-0.15, -0.1) is 0 Å². The Morgan fingerprint density at radius 1 is 1.50 bits per heavy atom. The molecule has 0 amide bonds. The van der Waals surface area contributed by atoms with Crippen LogP contribution in [0.2, 0.25) is 0 Å². The summed E-state index contributed by atoms with van der Waals surface area (Å²) in [4.78, 5) is 0. The van der Waals surface area contributed by atoms with Crippen LogP contribution in [0.25, 0.3) is 0 Å². The van der Waals surface area contributed by atoms with Gasteiger partial charge in [-0.25, -0.2) is 0 Å². The maximum absolute atomic E-state index is 5.51. The molecule has 1 aromatic rings. The summed E-state index contributed by atoms with van der Waals surface area (Å²) in [6.45, 7) is 4.40. The topological polar surface area (TPSA) is 63.8 Å². The summed E-state index contributed by atoms with van der Waals surface area (Å²) in [5.41, 5.74) is 3.92. The second-order valence-electron chi connectivity index (χ2n) is 3.64. The van der Waals surface area contributed by atoms with E-state index in [2.05, 4.69) is 29.5 Å². The minimum Gasteiger partial charge on any atom is -0.271 e. The molecule has 3 N–H and O–H groups in total. The molecule has 1 heterocycles. The Morgan fingerprint density at radius 3 is 2.79 bits per heavy atom. The molecular formula is C10H18N4. The standard InChI is InChI=1S/C10H18N4/c1-3-8(2)6-10(14-11)9-4-5-12-13-7-9/h4-5,7-8,10,14H,3,6,11H2,1-2H3. The van der Waals surface area contributed by atoms with Gasteiger partial charge in [0.15, 0.2) is 0 Å². The zero-order valence-corrected chi connectivity index (χ0v) is 8.77. The molecule has 14 heavy (non-hydrogen) atoms. The Morgan fingerprint density at radius 2 is 2.29 bits per heavy atom. The van der Waals surface area contributed by atoms with E-state index in [9.17, 15) is 0 Å². The molecule has 0 aromatic carbocycles. The SMILES string of the molecule is CCC(C)CC(NN)c1ccnnc1. The maximum atomic E-state index is 5.51. The Balaban J connectivity index is 2.63. The fourth-order valence-corrected chi connectivity index (χ4v) is 1.38. The highest BCUT2D eigenvalue weighted by Crippen LogP contribution is 2.20. The number of aromatic nitrogens is 2. The van der Waals surface area contributed by atoms with E-state index in [1.807, 2.05) is 6.07 Å². The van der Waals surface area contributed by atoms with Crippen molar-refractivity contribution in [1.29, 1.82) is 0 Å². The predicted molar refractivity (Wildman–Crippen MR) is 56.2 cm³/mol. The summed E-state index contributed by atoms with van der Waals surface area (Å²) in [6, 6.07) is 2.13. The van der Waals surface area contributed by atoms with Crippen molar-refractivity contribution < 1.29 is 0 Å². The third-order valence-electron chi connectivity index (χ3n) is 2.55. The largest absolute Gasteiger partial charge is 0.271 e. The van der Waals surface area contributed by atoms with E-state index >= 15 is 0 Å². The molecule has 0 radical (unpaired) electrons. The second kappa shape index (κ2) is 5.67. The summed E-state index contributed by atoms with van der Waals surface area (Å²) in [7, 11) is 0. The van der Waals surface area contributed by atoms with Crippen LogP contribution in [0.4, 0.5) is 0 Å². The lowest BCUT2D eigenvalue weighted by Crippen LogP contribution is -2.29. The summed E-state index contributed by atoms with van der Waals surface area (Å²) in [5.74, 6) is 6.17. The first kappa shape index (κ1) is 11.1. The fourth-order valence-electron chi connectivity index (χ4n) is 1.38. The molecule has 4 nitrogen and oxygen atoms in total. The normalized spacial score (nSPS) is 15.1. The molecule has 0 saturated carbocycles. The molecule has 2 unspecified atom stereocenters. The Kier molecular flexibility index (Phi) is 4.49. The summed E-state index contributed by atoms with van der Waals surface area (Å²) >= 11 is 0. The van der Waals surface area contributed by atoms with E-state index in [0.29, 0.717) is 5.92 Å². The van der Waals surface area contributed by atoms with Gasteiger partial charge >= 0.3 is 0 Å². The average Bonchev–Trinajstić information content (AvgIpc) is 2.26. The van der Waals surface area contributed by atoms with E-state index < -0.39 is 0 Å². The van der Waals surface area contributed by atoms with Gasteiger partial charge in [0.05, 0.1) is 6.20 Å². The van der Waals surface area contributed by atoms with Crippen molar-refractivity contribution >= 4 is 0 Å². The van der Waals surface area contributed by atoms with E-state index in [1.165, 1.54) is 0 Å². The van der Waals surface area contributed by atoms with E-state index in [1.54, 1.807) is 12.4 Å². The van der Waals surface area contributed by atoms with Crippen LogP contribution in [0.5, 0.6) is 0 Å². The molecule has 0 bridgehead atoms. The van der Waals surface area contributed by atoms with Gasteiger partial charge in [-0.3, -0.25) is 11.3 Å². The molecule has 0 aliphatic rings. The van der Waals surface area contributed by atoms with Crippen molar-refractivity contribution in [2.45, 2.75) is 32.7 Å². The van der Waals surface area contributed by atoms with Crippen molar-refractivity contribution in [3.63, 3.8) is 0 Å². The lowest BCUT2D eigenvalue weighted by molar-refractivity contribution is 0.406. The number of rotatable bonds is 5. The van der Waals surface area contributed by atoms with Crippen molar-refractivity contribution in [1.82, 2.24) is 15.6 Å². The number of nitrogens with zero attached hydrogens (tertiary/aromatic N) is 2. The van der Waals surface area contributed by atoms with Gasteiger partial charge in [-0.1, -0.05) is 20.3 Å². The number of hydrogen-bond donors (Lipinski definition) is 2. The quantitative estimate of drug-likeness (QED) is 0.549. The zero-order valence-electron chi connectivity index (χ0n) is 8.77. The van der Waals surface area contributed by atoms with E-state index in [0.717, 1.165) is 18.4 Å². The molecule has 1 rings (SSSR count). The van der Waals surface area contributed by atoms with Gasteiger partial charge in [-0.2, -0.15) is 10.2 Å². The van der Waals surface area contributed by atoms with Crippen LogP contribution in [-0.4, -0.2) is 10.2 Å². The van der Waals surface area contributed by atoms with Crippen LogP contribution in [0.15, 0.2) is 18.5 Å². The molecule has 0 aliphatic heterocycles. The zero-order chi connectivity index (χ0) is 10.4. The van der Waals surface area contributed by atoms with Gasteiger partial charge in [0, 0.05) is 12.2 Å². The summed E-state index contributed by atoms with van der Waals surface area (Å²) in [5, 5.41) is 7.58. The van der Waals surface area contributed by atoms with Crippen LogP contribution >= 0.6 is 0 Å². The molecule has 2 atom stereocenters. The molecule has 0 spiro atoms.